The highest BCUT2D eigenvalue weighted by Crippen LogP contribution is 2.35. The first-order valence-corrected chi connectivity index (χ1v) is 10.5. The summed E-state index contributed by atoms with van der Waals surface area (Å²) >= 11 is 11.8. The Labute approximate surface area is 200 Å². The largest absolute Gasteiger partial charge is 0.462 e. The number of carbonyl (C=O) groups is 1. The van der Waals surface area contributed by atoms with Gasteiger partial charge in [0.25, 0.3) is 5.91 Å². The Kier molecular flexibility index (Phi) is 6.67. The number of ether oxygens (including phenoxy) is 1. The van der Waals surface area contributed by atoms with E-state index in [1.807, 2.05) is 0 Å². The third-order valence-corrected chi connectivity index (χ3v) is 5.36. The molecule has 0 aliphatic carbocycles. The number of fused-ring (bicyclic) bond motifs is 1. The van der Waals surface area contributed by atoms with Crippen LogP contribution in [0.1, 0.15) is 27.7 Å². The monoisotopic (exact) mass is 512 g/mol. The Balaban J connectivity index is 1.61. The van der Waals surface area contributed by atoms with Gasteiger partial charge in [-0.3, -0.25) is 4.79 Å². The van der Waals surface area contributed by atoms with Crippen LogP contribution >= 0.6 is 23.2 Å². The van der Waals surface area contributed by atoms with E-state index in [9.17, 15) is 22.4 Å². The van der Waals surface area contributed by atoms with E-state index in [4.69, 9.17) is 32.4 Å². The Morgan fingerprint density at radius 2 is 1.94 bits per heavy atom. The first-order chi connectivity index (χ1) is 16.1. The standard InChI is InChI=1S/C23H14Cl2F4N2O3/c24-13-4-5-15(16(25)9-13)17(26)10-31-22(32)20-19(11-30-18-6-7-33-21(18)20)34-14-3-1-2-12(8-14)23(27,28)29/h1-9,11,17H,10H2,(H,31,32). The summed E-state index contributed by atoms with van der Waals surface area (Å²) in [5, 5.41) is 2.86. The molecule has 1 amide bonds. The fraction of sp³-hybridized carbons (Fsp3) is 0.130. The Morgan fingerprint density at radius 1 is 1.15 bits per heavy atom. The Morgan fingerprint density at radius 3 is 2.68 bits per heavy atom. The molecular formula is C23H14Cl2F4N2O3. The zero-order valence-electron chi connectivity index (χ0n) is 17.0. The minimum absolute atomic E-state index is 0.0295. The topological polar surface area (TPSA) is 64.4 Å². The van der Waals surface area contributed by atoms with E-state index >= 15 is 0 Å². The van der Waals surface area contributed by atoms with Crippen molar-refractivity contribution >= 4 is 40.2 Å². The van der Waals surface area contributed by atoms with Gasteiger partial charge in [0.2, 0.25) is 0 Å². The predicted octanol–water partition coefficient (Wildman–Crippen LogP) is 7.39. The van der Waals surface area contributed by atoms with E-state index in [-0.39, 0.29) is 33.2 Å². The maximum Gasteiger partial charge on any atom is 0.416 e. The number of hydrogen-bond acceptors (Lipinski definition) is 4. The Hall–Kier alpha value is -3.30. The summed E-state index contributed by atoms with van der Waals surface area (Å²) in [5.74, 6) is -1.12. The van der Waals surface area contributed by atoms with E-state index in [0.29, 0.717) is 10.5 Å². The molecule has 4 aromatic rings. The molecule has 0 aliphatic rings. The lowest BCUT2D eigenvalue weighted by molar-refractivity contribution is -0.137. The summed E-state index contributed by atoms with van der Waals surface area (Å²) in [6, 6.07) is 9.87. The van der Waals surface area contributed by atoms with Crippen LogP contribution in [0.25, 0.3) is 11.1 Å². The number of nitrogens with zero attached hydrogens (tertiary/aromatic N) is 1. The van der Waals surface area contributed by atoms with Gasteiger partial charge in [-0.05, 0) is 30.3 Å². The number of halogens is 6. The van der Waals surface area contributed by atoms with Crippen LogP contribution in [-0.2, 0) is 6.18 Å². The minimum atomic E-state index is -4.58. The quantitative estimate of drug-likeness (QED) is 0.273. The zero-order chi connectivity index (χ0) is 24.5. The van der Waals surface area contributed by atoms with Crippen LogP contribution in [0.2, 0.25) is 10.0 Å². The van der Waals surface area contributed by atoms with Gasteiger partial charge < -0.3 is 14.5 Å². The number of furan rings is 1. The lowest BCUT2D eigenvalue weighted by Gasteiger charge is -2.15. The fourth-order valence-electron chi connectivity index (χ4n) is 3.19. The molecule has 176 valence electrons. The number of pyridine rings is 1. The normalized spacial score (nSPS) is 12.5. The fourth-order valence-corrected chi connectivity index (χ4v) is 3.71. The second kappa shape index (κ2) is 9.52. The van der Waals surface area contributed by atoms with Gasteiger partial charge in [0.1, 0.15) is 23.0 Å². The van der Waals surface area contributed by atoms with Gasteiger partial charge >= 0.3 is 6.18 Å². The van der Waals surface area contributed by atoms with Crippen LogP contribution in [0.4, 0.5) is 17.6 Å². The van der Waals surface area contributed by atoms with Gasteiger partial charge in [-0.1, -0.05) is 35.3 Å². The van der Waals surface area contributed by atoms with E-state index in [1.54, 1.807) is 0 Å². The van der Waals surface area contributed by atoms with Crippen molar-refractivity contribution in [3.05, 3.63) is 87.7 Å². The first kappa shape index (κ1) is 23.8. The number of alkyl halides is 4. The molecule has 1 unspecified atom stereocenters. The second-order valence-corrected chi connectivity index (χ2v) is 7.95. The van der Waals surface area contributed by atoms with Gasteiger partial charge in [0.15, 0.2) is 11.3 Å². The van der Waals surface area contributed by atoms with Crippen molar-refractivity contribution in [3.63, 3.8) is 0 Å². The van der Waals surface area contributed by atoms with Crippen molar-refractivity contribution in [1.29, 1.82) is 0 Å². The average Bonchev–Trinajstić information content (AvgIpc) is 3.25. The van der Waals surface area contributed by atoms with Crippen molar-refractivity contribution in [2.45, 2.75) is 12.3 Å². The van der Waals surface area contributed by atoms with Gasteiger partial charge in [-0.15, -0.1) is 0 Å². The highest BCUT2D eigenvalue weighted by Gasteiger charge is 2.31. The van der Waals surface area contributed by atoms with Crippen LogP contribution in [0.3, 0.4) is 0 Å². The molecule has 5 nitrogen and oxygen atoms in total. The lowest BCUT2D eigenvalue weighted by Crippen LogP contribution is -2.27. The molecule has 2 aromatic carbocycles. The van der Waals surface area contributed by atoms with Gasteiger partial charge in [0, 0.05) is 21.7 Å². The zero-order valence-corrected chi connectivity index (χ0v) is 18.5. The summed E-state index contributed by atoms with van der Waals surface area (Å²) < 4.78 is 64.8. The number of carbonyl (C=O) groups excluding carboxylic acids is 1. The van der Waals surface area contributed by atoms with Crippen LogP contribution < -0.4 is 10.1 Å². The maximum absolute atomic E-state index is 14.7. The average molecular weight is 513 g/mol. The molecule has 0 saturated carbocycles. The number of hydrogen-bond donors (Lipinski definition) is 1. The smallest absolute Gasteiger partial charge is 0.416 e. The van der Waals surface area contributed by atoms with E-state index in [2.05, 4.69) is 10.3 Å². The molecule has 2 heterocycles. The number of aromatic nitrogens is 1. The molecule has 11 heteroatoms. The van der Waals surface area contributed by atoms with E-state index in [1.165, 1.54) is 48.9 Å². The van der Waals surface area contributed by atoms with Crippen LogP contribution in [0.15, 0.2) is 65.4 Å². The van der Waals surface area contributed by atoms with E-state index in [0.717, 1.165) is 12.1 Å². The van der Waals surface area contributed by atoms with Crippen LogP contribution in [0, 0.1) is 0 Å². The molecule has 4 rings (SSSR count). The van der Waals surface area contributed by atoms with Crippen molar-refractivity contribution in [2.75, 3.05) is 6.54 Å². The third-order valence-electron chi connectivity index (χ3n) is 4.80. The van der Waals surface area contributed by atoms with Crippen molar-refractivity contribution in [2.24, 2.45) is 0 Å². The molecule has 2 aromatic heterocycles. The number of rotatable bonds is 6. The second-order valence-electron chi connectivity index (χ2n) is 7.10. The van der Waals surface area contributed by atoms with Crippen molar-refractivity contribution in [3.8, 4) is 11.5 Å². The van der Waals surface area contributed by atoms with Gasteiger partial charge in [-0.2, -0.15) is 13.2 Å². The molecule has 0 fully saturated rings. The highest BCUT2D eigenvalue weighted by atomic mass is 35.5. The van der Waals surface area contributed by atoms with Gasteiger partial charge in [0.05, 0.1) is 24.6 Å². The SMILES string of the molecule is O=C(NCC(F)c1ccc(Cl)cc1Cl)c1c(Oc2cccc(C(F)(F)F)c2)cnc2ccoc12. The number of amides is 1. The maximum atomic E-state index is 14.7. The Bertz CT molecular complexity index is 1360. The molecular weight excluding hydrogens is 499 g/mol. The lowest BCUT2D eigenvalue weighted by atomic mass is 10.1. The molecule has 1 N–H and O–H groups in total. The predicted molar refractivity (Wildman–Crippen MR) is 118 cm³/mol. The first-order valence-electron chi connectivity index (χ1n) is 9.72. The number of benzene rings is 2. The molecule has 0 aliphatic heterocycles. The summed E-state index contributed by atoms with van der Waals surface area (Å²) in [4.78, 5) is 17.1. The molecule has 1 atom stereocenters. The molecule has 0 saturated heterocycles. The van der Waals surface area contributed by atoms with Crippen LogP contribution in [-0.4, -0.2) is 17.4 Å². The molecule has 0 bridgehead atoms. The van der Waals surface area contributed by atoms with Gasteiger partial charge in [-0.25, -0.2) is 9.37 Å². The molecule has 0 spiro atoms. The summed E-state index contributed by atoms with van der Waals surface area (Å²) in [6.45, 7) is -0.451. The van der Waals surface area contributed by atoms with E-state index < -0.39 is 30.4 Å². The summed E-state index contributed by atoms with van der Waals surface area (Å²) in [7, 11) is 0. The molecule has 34 heavy (non-hydrogen) atoms. The van der Waals surface area contributed by atoms with Crippen molar-refractivity contribution in [1.82, 2.24) is 10.3 Å². The summed E-state index contributed by atoms with van der Waals surface area (Å²) in [5.41, 5.74) is -0.615. The van der Waals surface area contributed by atoms with Crippen molar-refractivity contribution < 1.29 is 31.5 Å². The third kappa shape index (κ3) is 5.10. The molecule has 0 radical (unpaired) electrons. The number of nitrogens with one attached hydrogen (secondary N) is 1. The minimum Gasteiger partial charge on any atom is -0.462 e. The summed E-state index contributed by atoms with van der Waals surface area (Å²) in [6.07, 6.45) is -3.78. The highest BCUT2D eigenvalue weighted by molar-refractivity contribution is 6.35. The van der Waals surface area contributed by atoms with Crippen LogP contribution in [0.5, 0.6) is 11.5 Å².